The van der Waals surface area contributed by atoms with Gasteiger partial charge in [-0.15, -0.1) is 0 Å². The molecule has 1 saturated heterocycles. The quantitative estimate of drug-likeness (QED) is 0.276. The number of hydrogen-bond donors (Lipinski definition) is 1. The second-order valence-corrected chi connectivity index (χ2v) is 8.93. The highest BCUT2D eigenvalue weighted by molar-refractivity contribution is 6.46. The molecule has 0 bridgehead atoms. The van der Waals surface area contributed by atoms with Crippen molar-refractivity contribution in [2.45, 2.75) is 39.3 Å². The van der Waals surface area contributed by atoms with Crippen LogP contribution in [0.4, 0.5) is 4.39 Å². The first kappa shape index (κ1) is 24.2. The van der Waals surface area contributed by atoms with E-state index in [1.54, 1.807) is 30.3 Å². The van der Waals surface area contributed by atoms with Crippen LogP contribution in [0.25, 0.3) is 5.76 Å². The summed E-state index contributed by atoms with van der Waals surface area (Å²) in [4.78, 5) is 27.8. The Morgan fingerprint density at radius 3 is 2.34 bits per heavy atom. The average Bonchev–Trinajstić information content (AvgIpc) is 3.09. The first-order chi connectivity index (χ1) is 16.8. The molecule has 1 amide bonds. The summed E-state index contributed by atoms with van der Waals surface area (Å²) in [6.45, 7) is 5.97. The summed E-state index contributed by atoms with van der Waals surface area (Å²) in [6, 6.07) is 19.7. The number of carbonyl (C=O) groups excluding carboxylic acids is 2. The Kier molecular flexibility index (Phi) is 7.01. The van der Waals surface area contributed by atoms with E-state index >= 15 is 0 Å². The van der Waals surface area contributed by atoms with Gasteiger partial charge in [0.25, 0.3) is 11.7 Å². The molecule has 3 aromatic rings. The Hall–Kier alpha value is -3.93. The van der Waals surface area contributed by atoms with Gasteiger partial charge in [-0.3, -0.25) is 9.59 Å². The lowest BCUT2D eigenvalue weighted by molar-refractivity contribution is -0.139. The summed E-state index contributed by atoms with van der Waals surface area (Å²) in [5, 5.41) is 11.3. The molecule has 0 radical (unpaired) electrons. The fourth-order valence-electron chi connectivity index (χ4n) is 4.33. The number of aliphatic hydroxyl groups excluding tert-OH is 1. The van der Waals surface area contributed by atoms with Gasteiger partial charge in [-0.2, -0.15) is 0 Å². The van der Waals surface area contributed by atoms with Gasteiger partial charge in [0.2, 0.25) is 0 Å². The fraction of sp³-hybridized carbons (Fsp3) is 0.241. The summed E-state index contributed by atoms with van der Waals surface area (Å²) in [7, 11) is 0. The molecular formula is C29H28FNO4. The van der Waals surface area contributed by atoms with Gasteiger partial charge in [0, 0.05) is 12.1 Å². The number of ketones is 1. The van der Waals surface area contributed by atoms with E-state index in [0.717, 1.165) is 16.7 Å². The summed E-state index contributed by atoms with van der Waals surface area (Å²) in [5.41, 5.74) is 2.87. The average molecular weight is 474 g/mol. The zero-order valence-electron chi connectivity index (χ0n) is 20.0. The van der Waals surface area contributed by atoms with Crippen molar-refractivity contribution in [1.29, 1.82) is 0 Å². The Morgan fingerprint density at radius 2 is 1.71 bits per heavy atom. The predicted octanol–water partition coefficient (Wildman–Crippen LogP) is 5.59. The third-order valence-corrected chi connectivity index (χ3v) is 6.02. The lowest BCUT2D eigenvalue weighted by atomic mass is 9.94. The van der Waals surface area contributed by atoms with Gasteiger partial charge in [-0.05, 0) is 74.2 Å². The van der Waals surface area contributed by atoms with Crippen LogP contribution in [-0.2, 0) is 16.0 Å². The highest BCUT2D eigenvalue weighted by atomic mass is 19.1. The van der Waals surface area contributed by atoms with E-state index in [1.807, 2.05) is 51.1 Å². The Balaban J connectivity index is 1.74. The van der Waals surface area contributed by atoms with Crippen LogP contribution in [0, 0.1) is 12.7 Å². The van der Waals surface area contributed by atoms with Gasteiger partial charge in [0.1, 0.15) is 17.3 Å². The summed E-state index contributed by atoms with van der Waals surface area (Å²) >= 11 is 0. The van der Waals surface area contributed by atoms with Crippen LogP contribution in [0.2, 0.25) is 0 Å². The number of aryl methyl sites for hydroxylation is 1. The number of hydrogen-bond acceptors (Lipinski definition) is 4. The van der Waals surface area contributed by atoms with Crippen molar-refractivity contribution in [3.8, 4) is 5.75 Å². The Labute approximate surface area is 204 Å². The summed E-state index contributed by atoms with van der Waals surface area (Å²) in [6.07, 6.45) is 0.439. The molecule has 1 heterocycles. The number of halogens is 1. The van der Waals surface area contributed by atoms with Crippen LogP contribution in [0.1, 0.15) is 42.1 Å². The molecule has 5 nitrogen and oxygen atoms in total. The molecule has 0 saturated carbocycles. The third-order valence-electron chi connectivity index (χ3n) is 6.02. The molecular weight excluding hydrogens is 445 g/mol. The molecule has 35 heavy (non-hydrogen) atoms. The number of rotatable bonds is 7. The highest BCUT2D eigenvalue weighted by Gasteiger charge is 2.45. The van der Waals surface area contributed by atoms with E-state index in [1.165, 1.54) is 17.0 Å². The van der Waals surface area contributed by atoms with Gasteiger partial charge in [0.15, 0.2) is 0 Å². The van der Waals surface area contributed by atoms with Crippen LogP contribution >= 0.6 is 0 Å². The molecule has 1 N–H and O–H groups in total. The van der Waals surface area contributed by atoms with E-state index in [2.05, 4.69) is 0 Å². The predicted molar refractivity (Wildman–Crippen MR) is 132 cm³/mol. The molecule has 0 spiro atoms. The number of amides is 1. The molecule has 0 aliphatic carbocycles. The number of carbonyl (C=O) groups is 2. The topological polar surface area (TPSA) is 66.8 Å². The number of benzene rings is 3. The van der Waals surface area contributed by atoms with E-state index in [0.29, 0.717) is 17.7 Å². The SMILES string of the molecule is Cc1cc(/C(O)=C2/C(=O)C(=O)N(CCc3ccc(F)cc3)C2c2ccccc2)ccc1OC(C)C. The van der Waals surface area contributed by atoms with Gasteiger partial charge in [-0.1, -0.05) is 42.5 Å². The number of likely N-dealkylation sites (tertiary alicyclic amines) is 1. The smallest absolute Gasteiger partial charge is 0.295 e. The molecule has 1 aliphatic rings. The highest BCUT2D eigenvalue weighted by Crippen LogP contribution is 2.39. The van der Waals surface area contributed by atoms with Crippen molar-refractivity contribution in [1.82, 2.24) is 4.90 Å². The van der Waals surface area contributed by atoms with Crippen LogP contribution in [0.5, 0.6) is 5.75 Å². The third kappa shape index (κ3) is 5.11. The minimum absolute atomic E-state index is 0.00217. The minimum Gasteiger partial charge on any atom is -0.507 e. The lowest BCUT2D eigenvalue weighted by Gasteiger charge is -2.25. The normalized spacial score (nSPS) is 17.3. The Bertz CT molecular complexity index is 1270. The largest absolute Gasteiger partial charge is 0.507 e. The van der Waals surface area contributed by atoms with Gasteiger partial charge in [-0.25, -0.2) is 4.39 Å². The van der Waals surface area contributed by atoms with Crippen molar-refractivity contribution >= 4 is 17.4 Å². The van der Waals surface area contributed by atoms with E-state index in [-0.39, 0.29) is 29.8 Å². The second kappa shape index (κ2) is 10.1. The van der Waals surface area contributed by atoms with Crippen molar-refractivity contribution in [2.24, 2.45) is 0 Å². The summed E-state index contributed by atoms with van der Waals surface area (Å²) in [5.74, 6) is -1.26. The maximum absolute atomic E-state index is 13.3. The number of ether oxygens (including phenoxy) is 1. The maximum atomic E-state index is 13.3. The van der Waals surface area contributed by atoms with Crippen molar-refractivity contribution in [3.63, 3.8) is 0 Å². The van der Waals surface area contributed by atoms with E-state index < -0.39 is 17.7 Å². The molecule has 1 aliphatic heterocycles. The van der Waals surface area contributed by atoms with Crippen molar-refractivity contribution < 1.29 is 23.8 Å². The van der Waals surface area contributed by atoms with Crippen LogP contribution in [0.3, 0.4) is 0 Å². The number of aliphatic hydroxyl groups is 1. The molecule has 1 fully saturated rings. The maximum Gasteiger partial charge on any atom is 0.295 e. The molecule has 3 aromatic carbocycles. The van der Waals surface area contributed by atoms with Crippen LogP contribution < -0.4 is 4.74 Å². The molecule has 180 valence electrons. The first-order valence-electron chi connectivity index (χ1n) is 11.6. The van der Waals surface area contributed by atoms with Crippen LogP contribution in [-0.4, -0.2) is 34.3 Å². The molecule has 1 atom stereocenters. The standard InChI is InChI=1S/C29H28FNO4/c1-18(2)35-24-14-11-22(17-19(24)3)27(32)25-26(21-7-5-4-6-8-21)31(29(34)28(25)33)16-15-20-9-12-23(30)13-10-20/h4-14,17-18,26,32H,15-16H2,1-3H3/b27-25-. The number of nitrogens with zero attached hydrogens (tertiary/aromatic N) is 1. The fourth-order valence-corrected chi connectivity index (χ4v) is 4.33. The van der Waals surface area contributed by atoms with Crippen molar-refractivity contribution in [2.75, 3.05) is 6.54 Å². The molecule has 6 heteroatoms. The van der Waals surface area contributed by atoms with Gasteiger partial charge < -0.3 is 14.7 Å². The van der Waals surface area contributed by atoms with E-state index in [9.17, 15) is 19.1 Å². The van der Waals surface area contributed by atoms with E-state index in [4.69, 9.17) is 4.74 Å². The monoisotopic (exact) mass is 473 g/mol. The first-order valence-corrected chi connectivity index (χ1v) is 11.6. The minimum atomic E-state index is -0.733. The van der Waals surface area contributed by atoms with Gasteiger partial charge >= 0.3 is 0 Å². The van der Waals surface area contributed by atoms with Gasteiger partial charge in [0.05, 0.1) is 17.7 Å². The summed E-state index contributed by atoms with van der Waals surface area (Å²) < 4.78 is 19.1. The second-order valence-electron chi connectivity index (χ2n) is 8.93. The molecule has 1 unspecified atom stereocenters. The zero-order chi connectivity index (χ0) is 25.1. The Morgan fingerprint density at radius 1 is 1.03 bits per heavy atom. The molecule has 4 rings (SSSR count). The molecule has 0 aromatic heterocycles. The zero-order valence-corrected chi connectivity index (χ0v) is 20.0. The van der Waals surface area contributed by atoms with Crippen LogP contribution in [0.15, 0.2) is 78.4 Å². The van der Waals surface area contributed by atoms with Crippen molar-refractivity contribution in [3.05, 3.63) is 106 Å². The lowest BCUT2D eigenvalue weighted by Crippen LogP contribution is -2.31. The number of Topliss-reactive ketones (excluding diaryl/α,β-unsaturated/α-hetero) is 1.